The zero-order valence-corrected chi connectivity index (χ0v) is 18.2. The molecule has 32 heavy (non-hydrogen) atoms. The molecule has 0 aromatic heterocycles. The Morgan fingerprint density at radius 1 is 1.06 bits per heavy atom. The maximum absolute atomic E-state index is 13.6. The van der Waals surface area contributed by atoms with E-state index in [1.807, 2.05) is 12.1 Å². The second-order valence-electron chi connectivity index (χ2n) is 7.27. The summed E-state index contributed by atoms with van der Waals surface area (Å²) in [6.45, 7) is 0.264. The number of nitrogens with two attached hydrogens (primary N) is 1. The van der Waals surface area contributed by atoms with Crippen LogP contribution in [-0.4, -0.2) is 6.79 Å². The molecule has 160 valence electrons. The standard InChI is InChI=1S/C24H16BrFN2O4/c25-14-4-5-19(29-11-13-2-1-3-15(26)6-13)16(7-14)23-17-8-21-22(31-12-30-21)9-20(17)32-24(28)18(23)10-27/h1-9,23H,11-12,28H2. The topological polar surface area (TPSA) is 86.7 Å². The highest BCUT2D eigenvalue weighted by Crippen LogP contribution is 2.49. The van der Waals surface area contributed by atoms with Gasteiger partial charge in [0.05, 0.1) is 5.92 Å². The first kappa shape index (κ1) is 20.2. The predicted octanol–water partition coefficient (Wildman–Crippen LogP) is 5.11. The number of nitrogens with zero attached hydrogens (tertiary/aromatic N) is 1. The van der Waals surface area contributed by atoms with E-state index >= 15 is 0 Å². The van der Waals surface area contributed by atoms with Gasteiger partial charge in [-0.15, -0.1) is 0 Å². The molecular weight excluding hydrogens is 479 g/mol. The molecule has 3 aromatic rings. The van der Waals surface area contributed by atoms with Crippen molar-refractivity contribution in [1.82, 2.24) is 0 Å². The smallest absolute Gasteiger partial charge is 0.231 e. The number of allylic oxidation sites excluding steroid dienone is 1. The molecule has 1 unspecified atom stereocenters. The molecule has 2 aliphatic rings. The third kappa shape index (κ3) is 3.61. The van der Waals surface area contributed by atoms with Crippen LogP contribution in [0.2, 0.25) is 0 Å². The fourth-order valence-electron chi connectivity index (χ4n) is 3.83. The van der Waals surface area contributed by atoms with Crippen LogP contribution in [0.25, 0.3) is 0 Å². The molecule has 0 aliphatic carbocycles. The van der Waals surface area contributed by atoms with Gasteiger partial charge in [0, 0.05) is 21.7 Å². The van der Waals surface area contributed by atoms with E-state index in [2.05, 4.69) is 22.0 Å². The molecule has 8 heteroatoms. The van der Waals surface area contributed by atoms with Gasteiger partial charge in [0.15, 0.2) is 11.5 Å². The van der Waals surface area contributed by atoms with Crippen LogP contribution in [0.4, 0.5) is 4.39 Å². The van der Waals surface area contributed by atoms with Gasteiger partial charge in [-0.1, -0.05) is 28.1 Å². The van der Waals surface area contributed by atoms with Crippen molar-refractivity contribution < 1.29 is 23.3 Å². The minimum Gasteiger partial charge on any atom is -0.489 e. The van der Waals surface area contributed by atoms with Crippen molar-refractivity contribution in [3.05, 3.63) is 93.0 Å². The minimum absolute atomic E-state index is 0.0138. The predicted molar refractivity (Wildman–Crippen MR) is 117 cm³/mol. The SMILES string of the molecule is N#CC1=C(N)Oc2cc3c(cc2C1c1cc(Br)ccc1OCc1cccc(F)c1)OCO3. The Kier molecular flexibility index (Phi) is 5.11. The van der Waals surface area contributed by atoms with Crippen molar-refractivity contribution in [3.63, 3.8) is 0 Å². The van der Waals surface area contributed by atoms with E-state index in [0.29, 0.717) is 39.7 Å². The van der Waals surface area contributed by atoms with Gasteiger partial charge in [0.2, 0.25) is 12.7 Å². The van der Waals surface area contributed by atoms with E-state index in [-0.39, 0.29) is 30.7 Å². The van der Waals surface area contributed by atoms with Crippen LogP contribution in [0.5, 0.6) is 23.0 Å². The van der Waals surface area contributed by atoms with Crippen LogP contribution >= 0.6 is 15.9 Å². The summed E-state index contributed by atoms with van der Waals surface area (Å²) in [6.07, 6.45) is 0. The third-order valence-corrected chi connectivity index (χ3v) is 5.77. The van der Waals surface area contributed by atoms with Gasteiger partial charge < -0.3 is 24.7 Å². The fraction of sp³-hybridized carbons (Fsp3) is 0.125. The molecule has 1 atom stereocenters. The van der Waals surface area contributed by atoms with Crippen LogP contribution in [-0.2, 0) is 6.61 Å². The average molecular weight is 495 g/mol. The van der Waals surface area contributed by atoms with Gasteiger partial charge in [-0.2, -0.15) is 5.26 Å². The molecule has 0 bridgehead atoms. The molecule has 0 amide bonds. The quantitative estimate of drug-likeness (QED) is 0.541. The molecule has 6 nitrogen and oxygen atoms in total. The van der Waals surface area contributed by atoms with Gasteiger partial charge in [0.1, 0.15) is 35.6 Å². The fourth-order valence-corrected chi connectivity index (χ4v) is 4.21. The van der Waals surface area contributed by atoms with Crippen molar-refractivity contribution in [2.45, 2.75) is 12.5 Å². The number of hydrogen-bond donors (Lipinski definition) is 1. The maximum atomic E-state index is 13.6. The molecule has 0 spiro atoms. The first-order valence-electron chi connectivity index (χ1n) is 9.71. The normalized spacial score (nSPS) is 16.2. The molecular formula is C24H16BrFN2O4. The number of benzene rings is 3. The molecule has 0 saturated carbocycles. The van der Waals surface area contributed by atoms with Crippen molar-refractivity contribution >= 4 is 15.9 Å². The first-order chi connectivity index (χ1) is 15.5. The molecule has 0 fully saturated rings. The largest absolute Gasteiger partial charge is 0.489 e. The van der Waals surface area contributed by atoms with Gasteiger partial charge in [-0.25, -0.2) is 4.39 Å². The lowest BCUT2D eigenvalue weighted by atomic mass is 9.83. The summed E-state index contributed by atoms with van der Waals surface area (Å²) < 4.78 is 37.2. The van der Waals surface area contributed by atoms with Crippen LogP contribution < -0.4 is 24.7 Å². The Morgan fingerprint density at radius 2 is 1.88 bits per heavy atom. The monoisotopic (exact) mass is 494 g/mol. The van der Waals surface area contributed by atoms with Crippen molar-refractivity contribution in [2.24, 2.45) is 5.73 Å². The lowest BCUT2D eigenvalue weighted by Crippen LogP contribution is -2.21. The number of fused-ring (bicyclic) bond motifs is 2. The van der Waals surface area contributed by atoms with E-state index in [0.717, 1.165) is 4.47 Å². The molecule has 2 N–H and O–H groups in total. The Morgan fingerprint density at radius 3 is 2.66 bits per heavy atom. The summed E-state index contributed by atoms with van der Waals surface area (Å²) >= 11 is 3.50. The average Bonchev–Trinajstić information content (AvgIpc) is 3.23. The van der Waals surface area contributed by atoms with Crippen molar-refractivity contribution in [3.8, 4) is 29.1 Å². The lowest BCUT2D eigenvalue weighted by Gasteiger charge is -2.28. The highest BCUT2D eigenvalue weighted by atomic mass is 79.9. The molecule has 0 saturated heterocycles. The first-order valence-corrected chi connectivity index (χ1v) is 10.5. The van der Waals surface area contributed by atoms with E-state index in [1.54, 1.807) is 30.3 Å². The second kappa shape index (κ2) is 8.09. The number of rotatable bonds is 4. The summed E-state index contributed by atoms with van der Waals surface area (Å²) in [5.41, 5.74) is 8.47. The van der Waals surface area contributed by atoms with Crippen LogP contribution in [0.3, 0.4) is 0 Å². The Bertz CT molecular complexity index is 1300. The highest BCUT2D eigenvalue weighted by Gasteiger charge is 2.35. The van der Waals surface area contributed by atoms with Crippen molar-refractivity contribution in [2.75, 3.05) is 6.79 Å². The molecule has 0 radical (unpaired) electrons. The van der Waals surface area contributed by atoms with E-state index < -0.39 is 5.92 Å². The van der Waals surface area contributed by atoms with Gasteiger partial charge in [-0.05, 0) is 42.0 Å². The summed E-state index contributed by atoms with van der Waals surface area (Å²) in [6, 6.07) is 17.4. The Hall–Kier alpha value is -3.70. The molecule has 2 heterocycles. The summed E-state index contributed by atoms with van der Waals surface area (Å²) in [7, 11) is 0. The van der Waals surface area contributed by atoms with E-state index in [1.165, 1.54) is 12.1 Å². The highest BCUT2D eigenvalue weighted by molar-refractivity contribution is 9.10. The Labute approximate surface area is 191 Å². The molecule has 3 aromatic carbocycles. The van der Waals surface area contributed by atoms with Gasteiger partial charge >= 0.3 is 0 Å². The number of halogens is 2. The second-order valence-corrected chi connectivity index (χ2v) is 8.18. The zero-order chi connectivity index (χ0) is 22.2. The van der Waals surface area contributed by atoms with Crippen LogP contribution in [0.1, 0.15) is 22.6 Å². The van der Waals surface area contributed by atoms with E-state index in [4.69, 9.17) is 24.7 Å². The number of hydrogen-bond acceptors (Lipinski definition) is 6. The van der Waals surface area contributed by atoms with Crippen LogP contribution in [0.15, 0.2) is 70.5 Å². The molecule has 5 rings (SSSR count). The number of ether oxygens (including phenoxy) is 4. The summed E-state index contributed by atoms with van der Waals surface area (Å²) in [4.78, 5) is 0. The minimum atomic E-state index is -0.557. The summed E-state index contributed by atoms with van der Waals surface area (Å²) in [5.74, 6) is 1.25. The van der Waals surface area contributed by atoms with E-state index in [9.17, 15) is 9.65 Å². The van der Waals surface area contributed by atoms with Gasteiger partial charge in [0.25, 0.3) is 0 Å². The zero-order valence-electron chi connectivity index (χ0n) is 16.6. The molecule has 2 aliphatic heterocycles. The van der Waals surface area contributed by atoms with Gasteiger partial charge in [-0.3, -0.25) is 0 Å². The maximum Gasteiger partial charge on any atom is 0.231 e. The van der Waals surface area contributed by atoms with Crippen molar-refractivity contribution in [1.29, 1.82) is 5.26 Å². The summed E-state index contributed by atoms with van der Waals surface area (Å²) in [5, 5.41) is 9.89. The number of nitriles is 1. The Balaban J connectivity index is 1.60. The van der Waals surface area contributed by atoms with Crippen LogP contribution in [0, 0.1) is 17.1 Å². The third-order valence-electron chi connectivity index (χ3n) is 5.28. The lowest BCUT2D eigenvalue weighted by molar-refractivity contribution is 0.174.